The van der Waals surface area contributed by atoms with Gasteiger partial charge in [-0.1, -0.05) is 33.8 Å². The van der Waals surface area contributed by atoms with Gasteiger partial charge in [0.05, 0.1) is 0 Å². The van der Waals surface area contributed by atoms with E-state index in [2.05, 4.69) is 5.32 Å². The molecular formula is C16H21FN2O2. The number of rotatable bonds is 3. The minimum atomic E-state index is -0.616. The summed E-state index contributed by atoms with van der Waals surface area (Å²) in [5.41, 5.74) is 0.430. The van der Waals surface area contributed by atoms with Crippen molar-refractivity contribution in [2.45, 2.75) is 39.8 Å². The molecule has 0 aromatic heterocycles. The van der Waals surface area contributed by atoms with Crippen molar-refractivity contribution in [3.05, 3.63) is 30.1 Å². The molecule has 2 rings (SSSR count). The van der Waals surface area contributed by atoms with Crippen LogP contribution in [-0.4, -0.2) is 23.9 Å². The molecule has 0 radical (unpaired) electrons. The van der Waals surface area contributed by atoms with Gasteiger partial charge in [-0.15, -0.1) is 0 Å². The minimum absolute atomic E-state index is 0.0226. The van der Waals surface area contributed by atoms with Gasteiger partial charge in [0, 0.05) is 5.69 Å². The van der Waals surface area contributed by atoms with Crippen LogP contribution in [0.4, 0.5) is 10.1 Å². The number of benzene rings is 1. The molecule has 21 heavy (non-hydrogen) atoms. The van der Waals surface area contributed by atoms with Gasteiger partial charge in [-0.25, -0.2) is 4.39 Å². The SMILES string of the molecule is CC(C)C1NC(=O)C(C(C)C)N(c2cccc(F)c2)C1=O. The molecule has 2 unspecified atom stereocenters. The lowest BCUT2D eigenvalue weighted by atomic mass is 9.92. The summed E-state index contributed by atoms with van der Waals surface area (Å²) >= 11 is 0. The first-order chi connectivity index (χ1) is 9.82. The van der Waals surface area contributed by atoms with Crippen LogP contribution >= 0.6 is 0 Å². The largest absolute Gasteiger partial charge is 0.342 e. The molecule has 1 N–H and O–H groups in total. The van der Waals surface area contributed by atoms with Crippen molar-refractivity contribution in [1.29, 1.82) is 0 Å². The third-order valence-electron chi connectivity index (χ3n) is 3.73. The first-order valence-electron chi connectivity index (χ1n) is 7.22. The van der Waals surface area contributed by atoms with Crippen LogP contribution in [0, 0.1) is 17.7 Å². The number of hydrogen-bond donors (Lipinski definition) is 1. The van der Waals surface area contributed by atoms with Gasteiger partial charge in [-0.2, -0.15) is 0 Å². The lowest BCUT2D eigenvalue weighted by Gasteiger charge is -2.42. The molecule has 1 aromatic rings. The van der Waals surface area contributed by atoms with Crippen molar-refractivity contribution in [3.63, 3.8) is 0 Å². The number of anilines is 1. The van der Waals surface area contributed by atoms with E-state index in [1.807, 2.05) is 27.7 Å². The number of hydrogen-bond acceptors (Lipinski definition) is 2. The lowest BCUT2D eigenvalue weighted by Crippen LogP contribution is -2.66. The Morgan fingerprint density at radius 2 is 1.81 bits per heavy atom. The number of carbonyl (C=O) groups excluding carboxylic acids is 2. The van der Waals surface area contributed by atoms with E-state index in [4.69, 9.17) is 0 Å². The highest BCUT2D eigenvalue weighted by molar-refractivity contribution is 6.08. The highest BCUT2D eigenvalue weighted by Gasteiger charge is 2.43. The Bertz CT molecular complexity index is 557. The Morgan fingerprint density at radius 3 is 2.33 bits per heavy atom. The second-order valence-electron chi connectivity index (χ2n) is 6.11. The molecule has 0 aliphatic carbocycles. The van der Waals surface area contributed by atoms with Crippen LogP contribution in [0.1, 0.15) is 27.7 Å². The number of nitrogens with one attached hydrogen (secondary N) is 1. The van der Waals surface area contributed by atoms with E-state index in [1.54, 1.807) is 12.1 Å². The molecule has 5 heteroatoms. The molecule has 1 saturated heterocycles. The predicted octanol–water partition coefficient (Wildman–Crippen LogP) is 2.34. The van der Waals surface area contributed by atoms with Gasteiger partial charge in [-0.05, 0) is 30.0 Å². The standard InChI is InChI=1S/C16H21FN2O2/c1-9(2)13-16(21)19(12-7-5-6-11(17)8-12)14(10(3)4)15(20)18-13/h5-10,13-14H,1-4H3,(H,18,20). The topological polar surface area (TPSA) is 49.4 Å². The summed E-state index contributed by atoms with van der Waals surface area (Å²) < 4.78 is 13.5. The summed E-state index contributed by atoms with van der Waals surface area (Å²) in [5.74, 6) is -0.882. The Morgan fingerprint density at radius 1 is 1.14 bits per heavy atom. The molecule has 2 atom stereocenters. The number of halogens is 1. The molecule has 1 heterocycles. The van der Waals surface area contributed by atoms with Crippen molar-refractivity contribution in [3.8, 4) is 0 Å². The van der Waals surface area contributed by atoms with Crippen LogP contribution in [0.5, 0.6) is 0 Å². The average Bonchev–Trinajstić information content (AvgIpc) is 2.39. The third-order valence-corrected chi connectivity index (χ3v) is 3.73. The molecule has 1 aliphatic rings. The maximum atomic E-state index is 13.5. The average molecular weight is 292 g/mol. The van der Waals surface area contributed by atoms with E-state index in [0.717, 1.165) is 0 Å². The van der Waals surface area contributed by atoms with Crippen LogP contribution < -0.4 is 10.2 Å². The van der Waals surface area contributed by atoms with Crippen molar-refractivity contribution in [2.75, 3.05) is 4.90 Å². The summed E-state index contributed by atoms with van der Waals surface area (Å²) in [6, 6.07) is 4.63. The molecule has 1 aromatic carbocycles. The van der Waals surface area contributed by atoms with Crippen LogP contribution in [0.3, 0.4) is 0 Å². The van der Waals surface area contributed by atoms with E-state index < -0.39 is 17.9 Å². The van der Waals surface area contributed by atoms with Gasteiger partial charge in [0.15, 0.2) is 0 Å². The maximum Gasteiger partial charge on any atom is 0.250 e. The quantitative estimate of drug-likeness (QED) is 0.929. The zero-order valence-electron chi connectivity index (χ0n) is 12.8. The van der Waals surface area contributed by atoms with Crippen LogP contribution in [0.2, 0.25) is 0 Å². The first kappa shape index (κ1) is 15.5. The van der Waals surface area contributed by atoms with Gasteiger partial charge >= 0.3 is 0 Å². The first-order valence-corrected chi connectivity index (χ1v) is 7.22. The van der Waals surface area contributed by atoms with E-state index in [1.165, 1.54) is 17.0 Å². The van der Waals surface area contributed by atoms with Crippen molar-refractivity contribution in [2.24, 2.45) is 11.8 Å². The molecule has 1 fully saturated rings. The number of amides is 2. The fourth-order valence-corrected chi connectivity index (χ4v) is 2.67. The van der Waals surface area contributed by atoms with Crippen LogP contribution in [0.25, 0.3) is 0 Å². The zero-order chi connectivity index (χ0) is 15.7. The van der Waals surface area contributed by atoms with E-state index in [9.17, 15) is 14.0 Å². The molecule has 114 valence electrons. The van der Waals surface area contributed by atoms with Gasteiger partial charge in [-0.3, -0.25) is 14.5 Å². The molecule has 0 spiro atoms. The Balaban J connectivity index is 2.48. The lowest BCUT2D eigenvalue weighted by molar-refractivity contribution is -0.135. The number of nitrogens with zero attached hydrogens (tertiary/aromatic N) is 1. The molecule has 0 saturated carbocycles. The molecule has 1 aliphatic heterocycles. The van der Waals surface area contributed by atoms with Crippen molar-refractivity contribution in [1.82, 2.24) is 5.32 Å². The summed E-state index contributed by atoms with van der Waals surface area (Å²) in [5, 5.41) is 2.79. The second-order valence-corrected chi connectivity index (χ2v) is 6.11. The smallest absolute Gasteiger partial charge is 0.250 e. The van der Waals surface area contributed by atoms with Crippen molar-refractivity contribution < 1.29 is 14.0 Å². The Hall–Kier alpha value is -1.91. The monoisotopic (exact) mass is 292 g/mol. The van der Waals surface area contributed by atoms with E-state index in [0.29, 0.717) is 5.69 Å². The van der Waals surface area contributed by atoms with Crippen LogP contribution in [0.15, 0.2) is 24.3 Å². The highest BCUT2D eigenvalue weighted by Crippen LogP contribution is 2.27. The summed E-state index contributed by atoms with van der Waals surface area (Å²) in [4.78, 5) is 26.5. The van der Waals surface area contributed by atoms with Crippen molar-refractivity contribution >= 4 is 17.5 Å². The number of carbonyl (C=O) groups is 2. The van der Waals surface area contributed by atoms with Gasteiger partial charge in [0.2, 0.25) is 5.91 Å². The highest BCUT2D eigenvalue weighted by atomic mass is 19.1. The normalized spacial score (nSPS) is 22.9. The summed E-state index contributed by atoms with van der Waals surface area (Å²) in [6.45, 7) is 7.50. The minimum Gasteiger partial charge on any atom is -0.342 e. The van der Waals surface area contributed by atoms with Gasteiger partial charge in [0.1, 0.15) is 17.9 Å². The fraction of sp³-hybridized carbons (Fsp3) is 0.500. The summed E-state index contributed by atoms with van der Waals surface area (Å²) in [7, 11) is 0. The Kier molecular flexibility index (Phi) is 4.30. The van der Waals surface area contributed by atoms with Gasteiger partial charge < -0.3 is 5.32 Å². The maximum absolute atomic E-state index is 13.5. The third kappa shape index (κ3) is 2.91. The van der Waals surface area contributed by atoms with E-state index >= 15 is 0 Å². The number of piperazine rings is 1. The fourth-order valence-electron chi connectivity index (χ4n) is 2.67. The predicted molar refractivity (Wildman–Crippen MR) is 79.3 cm³/mol. The molecule has 2 amide bonds. The Labute approximate surface area is 124 Å². The molecule has 0 bridgehead atoms. The molecule has 4 nitrogen and oxygen atoms in total. The van der Waals surface area contributed by atoms with Gasteiger partial charge in [0.25, 0.3) is 5.91 Å². The second kappa shape index (κ2) is 5.84. The molecular weight excluding hydrogens is 271 g/mol. The summed E-state index contributed by atoms with van der Waals surface area (Å²) in [6.07, 6.45) is 0. The van der Waals surface area contributed by atoms with Crippen LogP contribution in [-0.2, 0) is 9.59 Å². The van der Waals surface area contributed by atoms with E-state index in [-0.39, 0.29) is 23.7 Å². The zero-order valence-corrected chi connectivity index (χ0v) is 12.8.